The molecule has 0 atom stereocenters. The molecule has 0 aliphatic rings. The van der Waals surface area contributed by atoms with Crippen LogP contribution in [0.2, 0.25) is 0 Å². The summed E-state index contributed by atoms with van der Waals surface area (Å²) in [5, 5.41) is 21.5. The molecular formula is C18H16N4O5S. The molecule has 9 nitrogen and oxygen atoms in total. The number of aryl methyl sites for hydroxylation is 1. The van der Waals surface area contributed by atoms with Crippen LogP contribution in [0.3, 0.4) is 0 Å². The van der Waals surface area contributed by atoms with E-state index in [0.29, 0.717) is 17.3 Å². The number of aromatic nitrogens is 2. The summed E-state index contributed by atoms with van der Waals surface area (Å²) in [4.78, 5) is 22.5. The highest BCUT2D eigenvalue weighted by Gasteiger charge is 2.13. The monoisotopic (exact) mass is 400 g/mol. The Morgan fingerprint density at radius 1 is 1.25 bits per heavy atom. The lowest BCUT2D eigenvalue weighted by Gasteiger charge is -2.07. The molecule has 0 aliphatic heterocycles. The average Bonchev–Trinajstić information content (AvgIpc) is 3.15. The maximum Gasteiger partial charge on any atom is 0.277 e. The summed E-state index contributed by atoms with van der Waals surface area (Å²) in [7, 11) is 0. The van der Waals surface area contributed by atoms with E-state index in [0.717, 1.165) is 17.3 Å². The maximum atomic E-state index is 12.1. The number of benzene rings is 2. The molecule has 0 radical (unpaired) electrons. The number of nitro benzene ring substituents is 1. The molecule has 1 amide bonds. The van der Waals surface area contributed by atoms with E-state index in [1.54, 1.807) is 13.0 Å². The van der Waals surface area contributed by atoms with Crippen molar-refractivity contribution in [1.82, 2.24) is 10.2 Å². The molecule has 10 heteroatoms. The Balaban J connectivity index is 1.50. The molecule has 1 heterocycles. The van der Waals surface area contributed by atoms with Crippen LogP contribution in [0.25, 0.3) is 0 Å². The Bertz CT molecular complexity index is 977. The van der Waals surface area contributed by atoms with Crippen molar-refractivity contribution >= 4 is 29.0 Å². The fourth-order valence-electron chi connectivity index (χ4n) is 2.19. The molecule has 3 rings (SSSR count). The molecule has 1 N–H and O–H groups in total. The summed E-state index contributed by atoms with van der Waals surface area (Å²) in [6.45, 7) is 1.88. The van der Waals surface area contributed by atoms with Crippen molar-refractivity contribution in [3.63, 3.8) is 0 Å². The average molecular weight is 400 g/mol. The van der Waals surface area contributed by atoms with Gasteiger partial charge in [0.15, 0.2) is 6.61 Å². The molecule has 0 bridgehead atoms. The van der Waals surface area contributed by atoms with Gasteiger partial charge in [0.25, 0.3) is 16.8 Å². The van der Waals surface area contributed by atoms with E-state index in [9.17, 15) is 14.9 Å². The minimum Gasteiger partial charge on any atom is -0.484 e. The van der Waals surface area contributed by atoms with Crippen LogP contribution < -0.4 is 10.1 Å². The molecule has 1 aromatic heterocycles. The number of hydrogen-bond donors (Lipinski definition) is 1. The van der Waals surface area contributed by atoms with E-state index in [2.05, 4.69) is 15.5 Å². The summed E-state index contributed by atoms with van der Waals surface area (Å²) < 4.78 is 10.9. The molecule has 0 aliphatic carbocycles. The highest BCUT2D eigenvalue weighted by molar-refractivity contribution is 7.99. The van der Waals surface area contributed by atoms with Gasteiger partial charge in [-0.2, -0.15) is 0 Å². The molecule has 0 unspecified atom stereocenters. The molecule has 144 valence electrons. The van der Waals surface area contributed by atoms with Crippen LogP contribution in [-0.2, 0) is 11.4 Å². The lowest BCUT2D eigenvalue weighted by molar-refractivity contribution is -0.384. The van der Waals surface area contributed by atoms with Crippen molar-refractivity contribution in [2.24, 2.45) is 0 Å². The number of carbonyl (C=O) groups is 1. The Morgan fingerprint density at radius 3 is 2.79 bits per heavy atom. The SMILES string of the molecule is Cc1ccc([N+](=O)[O-])cc1NC(=O)CSc1nnc(COc2ccccc2)o1. The van der Waals surface area contributed by atoms with Gasteiger partial charge in [0.2, 0.25) is 5.91 Å². The Kier molecular flexibility index (Phi) is 6.22. The first-order chi connectivity index (χ1) is 13.5. The van der Waals surface area contributed by atoms with Gasteiger partial charge in [0, 0.05) is 12.1 Å². The summed E-state index contributed by atoms with van der Waals surface area (Å²) in [6.07, 6.45) is 0. The highest BCUT2D eigenvalue weighted by Crippen LogP contribution is 2.23. The number of non-ortho nitro benzene ring substituents is 1. The van der Waals surface area contributed by atoms with Gasteiger partial charge in [-0.15, -0.1) is 10.2 Å². The molecule has 28 heavy (non-hydrogen) atoms. The van der Waals surface area contributed by atoms with Crippen molar-refractivity contribution in [2.75, 3.05) is 11.1 Å². The van der Waals surface area contributed by atoms with Crippen LogP contribution in [0.1, 0.15) is 11.5 Å². The van der Waals surface area contributed by atoms with Gasteiger partial charge in [0.1, 0.15) is 5.75 Å². The molecular weight excluding hydrogens is 384 g/mol. The number of amides is 1. The Labute approximate surface area is 164 Å². The van der Waals surface area contributed by atoms with Gasteiger partial charge in [-0.25, -0.2) is 0 Å². The van der Waals surface area contributed by atoms with Gasteiger partial charge in [-0.05, 0) is 24.6 Å². The van der Waals surface area contributed by atoms with Crippen molar-refractivity contribution in [3.8, 4) is 5.75 Å². The number of nitro groups is 1. The second-order valence-corrected chi connectivity index (χ2v) is 6.58. The van der Waals surface area contributed by atoms with E-state index in [1.807, 2.05) is 30.3 Å². The first kappa shape index (κ1) is 19.4. The number of hydrogen-bond acceptors (Lipinski definition) is 8. The second kappa shape index (κ2) is 9.00. The fraction of sp³-hybridized carbons (Fsp3) is 0.167. The lowest BCUT2D eigenvalue weighted by Crippen LogP contribution is -2.15. The van der Waals surface area contributed by atoms with Crippen LogP contribution in [-0.4, -0.2) is 26.8 Å². The molecule has 0 fully saturated rings. The van der Waals surface area contributed by atoms with E-state index >= 15 is 0 Å². The Hall–Kier alpha value is -3.40. The zero-order chi connectivity index (χ0) is 19.9. The molecule has 0 spiro atoms. The van der Waals surface area contributed by atoms with Gasteiger partial charge in [-0.3, -0.25) is 14.9 Å². The smallest absolute Gasteiger partial charge is 0.277 e. The minimum atomic E-state index is -0.513. The number of anilines is 1. The van der Waals surface area contributed by atoms with Crippen LogP contribution in [0, 0.1) is 17.0 Å². The summed E-state index contributed by atoms with van der Waals surface area (Å²) in [6, 6.07) is 13.5. The topological polar surface area (TPSA) is 120 Å². The molecule has 0 saturated carbocycles. The van der Waals surface area contributed by atoms with Crippen molar-refractivity contribution in [3.05, 3.63) is 70.1 Å². The number of rotatable bonds is 8. The maximum absolute atomic E-state index is 12.1. The summed E-state index contributed by atoms with van der Waals surface area (Å²) in [5.74, 6) is 0.653. The van der Waals surface area contributed by atoms with Crippen molar-refractivity contribution < 1.29 is 18.9 Å². The van der Waals surface area contributed by atoms with Gasteiger partial charge >= 0.3 is 0 Å². The number of carbonyl (C=O) groups excluding carboxylic acids is 1. The molecule has 3 aromatic rings. The van der Waals surface area contributed by atoms with Crippen LogP contribution in [0.5, 0.6) is 5.75 Å². The summed E-state index contributed by atoms with van der Waals surface area (Å²) in [5.41, 5.74) is 1.03. The summed E-state index contributed by atoms with van der Waals surface area (Å²) >= 11 is 1.06. The molecule has 0 saturated heterocycles. The third kappa shape index (κ3) is 5.30. The van der Waals surface area contributed by atoms with Gasteiger partial charge in [-0.1, -0.05) is 36.0 Å². The predicted molar refractivity (Wildman–Crippen MR) is 102 cm³/mol. The normalized spacial score (nSPS) is 10.5. The number of thioether (sulfide) groups is 1. The quantitative estimate of drug-likeness (QED) is 0.346. The van der Waals surface area contributed by atoms with E-state index in [-0.39, 0.29) is 29.2 Å². The van der Waals surface area contributed by atoms with Gasteiger partial charge < -0.3 is 14.5 Å². The first-order valence-electron chi connectivity index (χ1n) is 8.19. The fourth-order valence-corrected chi connectivity index (χ4v) is 2.77. The van der Waals surface area contributed by atoms with Crippen LogP contribution in [0.4, 0.5) is 11.4 Å². The minimum absolute atomic E-state index is 0.0172. The van der Waals surface area contributed by atoms with E-state index in [1.165, 1.54) is 12.1 Å². The standard InChI is InChI=1S/C18H16N4O5S/c1-12-7-8-13(22(24)25)9-15(12)19-16(23)11-28-18-21-20-17(27-18)10-26-14-5-3-2-4-6-14/h2-9H,10-11H2,1H3,(H,19,23). The van der Waals surface area contributed by atoms with Gasteiger partial charge in [0.05, 0.1) is 16.4 Å². The van der Waals surface area contributed by atoms with E-state index < -0.39 is 4.92 Å². The number of para-hydroxylation sites is 1. The van der Waals surface area contributed by atoms with E-state index in [4.69, 9.17) is 9.15 Å². The van der Waals surface area contributed by atoms with Crippen LogP contribution in [0.15, 0.2) is 58.2 Å². The Morgan fingerprint density at radius 2 is 2.04 bits per heavy atom. The number of nitrogens with one attached hydrogen (secondary N) is 1. The lowest BCUT2D eigenvalue weighted by atomic mass is 10.2. The van der Waals surface area contributed by atoms with Crippen molar-refractivity contribution in [2.45, 2.75) is 18.8 Å². The number of nitrogens with zero attached hydrogens (tertiary/aromatic N) is 3. The zero-order valence-electron chi connectivity index (χ0n) is 14.8. The second-order valence-electron chi connectivity index (χ2n) is 5.66. The first-order valence-corrected chi connectivity index (χ1v) is 9.18. The van der Waals surface area contributed by atoms with Crippen LogP contribution >= 0.6 is 11.8 Å². The zero-order valence-corrected chi connectivity index (χ0v) is 15.6. The largest absolute Gasteiger partial charge is 0.484 e. The highest BCUT2D eigenvalue weighted by atomic mass is 32.2. The molecule has 2 aromatic carbocycles. The predicted octanol–water partition coefficient (Wildman–Crippen LogP) is 3.60. The van der Waals surface area contributed by atoms with Crippen molar-refractivity contribution in [1.29, 1.82) is 0 Å². The number of ether oxygens (including phenoxy) is 1. The third-order valence-electron chi connectivity index (χ3n) is 3.59. The third-order valence-corrected chi connectivity index (χ3v) is 4.41.